The molecule has 0 aliphatic rings. The van der Waals surface area contributed by atoms with Gasteiger partial charge in [0.05, 0.1) is 6.54 Å². The molecular weight excluding hydrogens is 260 g/mol. The molecule has 2 N–H and O–H groups in total. The maximum Gasteiger partial charge on any atom is 0.225 e. The van der Waals surface area contributed by atoms with E-state index in [1.807, 2.05) is 39.1 Å². The van der Waals surface area contributed by atoms with Crippen LogP contribution in [0.3, 0.4) is 0 Å². The molecule has 0 radical (unpaired) electrons. The van der Waals surface area contributed by atoms with Crippen LogP contribution in [0.1, 0.15) is 37.6 Å². The number of carbonyl (C=O) groups excluding carboxylic acids is 2. The number of amides is 2. The summed E-state index contributed by atoms with van der Waals surface area (Å²) in [7, 11) is 0. The van der Waals surface area contributed by atoms with Crippen LogP contribution in [0.4, 0.5) is 0 Å². The average Bonchev–Trinajstić information content (AvgIpc) is 2.71. The molecule has 0 aliphatic carbocycles. The summed E-state index contributed by atoms with van der Waals surface area (Å²) in [6.07, 6.45) is 0.312. The first-order valence-electron chi connectivity index (χ1n) is 6.38. The van der Waals surface area contributed by atoms with Gasteiger partial charge >= 0.3 is 0 Å². The topological polar surface area (TPSA) is 58.2 Å². The second-order valence-corrected chi connectivity index (χ2v) is 6.56. The van der Waals surface area contributed by atoms with Crippen molar-refractivity contribution in [1.82, 2.24) is 10.6 Å². The van der Waals surface area contributed by atoms with Gasteiger partial charge < -0.3 is 10.6 Å². The maximum atomic E-state index is 11.6. The van der Waals surface area contributed by atoms with Gasteiger partial charge in [0, 0.05) is 23.3 Å². The van der Waals surface area contributed by atoms with E-state index in [4.69, 9.17) is 0 Å². The van der Waals surface area contributed by atoms with Crippen LogP contribution >= 0.6 is 11.3 Å². The molecule has 19 heavy (non-hydrogen) atoms. The molecule has 0 aromatic carbocycles. The molecule has 1 heterocycles. The van der Waals surface area contributed by atoms with Crippen LogP contribution in [0.15, 0.2) is 11.4 Å². The van der Waals surface area contributed by atoms with Crippen LogP contribution in [0.2, 0.25) is 0 Å². The van der Waals surface area contributed by atoms with Gasteiger partial charge in [0.15, 0.2) is 0 Å². The normalized spacial score (nSPS) is 11.2. The highest BCUT2D eigenvalue weighted by Gasteiger charge is 2.20. The van der Waals surface area contributed by atoms with Gasteiger partial charge in [-0.15, -0.1) is 11.3 Å². The predicted molar refractivity (Wildman–Crippen MR) is 78.0 cm³/mol. The minimum atomic E-state index is -0.412. The highest BCUT2D eigenvalue weighted by molar-refractivity contribution is 7.10. The monoisotopic (exact) mass is 282 g/mol. The molecule has 0 aliphatic heterocycles. The Morgan fingerprint density at radius 3 is 2.47 bits per heavy atom. The van der Waals surface area contributed by atoms with Gasteiger partial charge in [0.1, 0.15) is 0 Å². The van der Waals surface area contributed by atoms with Crippen molar-refractivity contribution in [2.75, 3.05) is 6.54 Å². The third-order valence-corrected chi connectivity index (χ3v) is 3.76. The van der Waals surface area contributed by atoms with Crippen LogP contribution in [-0.2, 0) is 16.1 Å². The van der Waals surface area contributed by atoms with Crippen molar-refractivity contribution in [1.29, 1.82) is 0 Å². The third kappa shape index (κ3) is 5.42. The smallest absolute Gasteiger partial charge is 0.225 e. The highest BCUT2D eigenvalue weighted by atomic mass is 32.1. The Morgan fingerprint density at radius 1 is 1.26 bits per heavy atom. The van der Waals surface area contributed by atoms with E-state index in [0.29, 0.717) is 19.5 Å². The Kier molecular flexibility index (Phi) is 5.54. The second kappa shape index (κ2) is 6.70. The van der Waals surface area contributed by atoms with Crippen molar-refractivity contribution in [3.8, 4) is 0 Å². The molecule has 0 saturated carbocycles. The fraction of sp³-hybridized carbons (Fsp3) is 0.571. The molecule has 1 rings (SSSR count). The predicted octanol–water partition coefficient (Wildman–Crippen LogP) is 2.23. The third-order valence-electron chi connectivity index (χ3n) is 2.73. The summed E-state index contributed by atoms with van der Waals surface area (Å²) >= 11 is 1.64. The summed E-state index contributed by atoms with van der Waals surface area (Å²) in [6.45, 7) is 8.52. The summed E-state index contributed by atoms with van der Waals surface area (Å²) in [5.41, 5.74) is 0.788. The van der Waals surface area contributed by atoms with Crippen LogP contribution in [-0.4, -0.2) is 18.4 Å². The van der Waals surface area contributed by atoms with Gasteiger partial charge in [-0.2, -0.15) is 0 Å². The Morgan fingerprint density at radius 2 is 1.95 bits per heavy atom. The lowest BCUT2D eigenvalue weighted by Crippen LogP contribution is -2.37. The second-order valence-electron chi connectivity index (χ2n) is 5.56. The van der Waals surface area contributed by atoms with Gasteiger partial charge in [0.2, 0.25) is 11.8 Å². The van der Waals surface area contributed by atoms with Crippen LogP contribution in [0, 0.1) is 12.3 Å². The van der Waals surface area contributed by atoms with Crippen molar-refractivity contribution >= 4 is 23.2 Å². The SMILES string of the molecule is Cc1ccsc1CNC(=O)CCNC(=O)C(C)(C)C. The van der Waals surface area contributed by atoms with Gasteiger partial charge in [0.25, 0.3) is 0 Å². The molecule has 2 amide bonds. The van der Waals surface area contributed by atoms with Crippen molar-refractivity contribution in [2.24, 2.45) is 5.41 Å². The average molecular weight is 282 g/mol. The van der Waals surface area contributed by atoms with E-state index < -0.39 is 5.41 Å². The number of carbonyl (C=O) groups is 2. The summed E-state index contributed by atoms with van der Waals surface area (Å²) in [5.74, 6) is -0.0728. The zero-order chi connectivity index (χ0) is 14.5. The van der Waals surface area contributed by atoms with Crippen LogP contribution < -0.4 is 10.6 Å². The summed E-state index contributed by atoms with van der Waals surface area (Å²) < 4.78 is 0. The molecule has 106 valence electrons. The zero-order valence-corrected chi connectivity index (χ0v) is 12.8. The Labute approximate surface area is 118 Å². The molecule has 0 fully saturated rings. The molecule has 0 unspecified atom stereocenters. The van der Waals surface area contributed by atoms with E-state index in [9.17, 15) is 9.59 Å². The number of hydrogen-bond donors (Lipinski definition) is 2. The number of nitrogens with one attached hydrogen (secondary N) is 2. The van der Waals surface area contributed by atoms with Crippen molar-refractivity contribution in [2.45, 2.75) is 40.7 Å². The fourth-order valence-corrected chi connectivity index (χ4v) is 2.25. The standard InChI is InChI=1S/C14H22N2O2S/c1-10-6-8-19-11(10)9-16-12(17)5-7-15-13(18)14(2,3)4/h6,8H,5,7,9H2,1-4H3,(H,15,18)(H,16,17). The fourth-order valence-electron chi connectivity index (χ4n) is 1.41. The highest BCUT2D eigenvalue weighted by Crippen LogP contribution is 2.14. The lowest BCUT2D eigenvalue weighted by molar-refractivity contribution is -0.128. The number of rotatable bonds is 5. The number of thiophene rings is 1. The van der Waals surface area contributed by atoms with Gasteiger partial charge in [-0.25, -0.2) is 0 Å². The lowest BCUT2D eigenvalue weighted by Gasteiger charge is -2.17. The first-order chi connectivity index (χ1) is 8.80. The number of aryl methyl sites for hydroxylation is 1. The first kappa shape index (κ1) is 15.7. The molecule has 0 bridgehead atoms. The minimum Gasteiger partial charge on any atom is -0.355 e. The van der Waals surface area contributed by atoms with E-state index >= 15 is 0 Å². The summed E-state index contributed by atoms with van der Waals surface area (Å²) in [5, 5.41) is 7.63. The molecule has 0 saturated heterocycles. The zero-order valence-electron chi connectivity index (χ0n) is 12.0. The molecule has 1 aromatic rings. The molecule has 0 spiro atoms. The largest absolute Gasteiger partial charge is 0.355 e. The van der Waals surface area contributed by atoms with Crippen LogP contribution in [0.5, 0.6) is 0 Å². The van der Waals surface area contributed by atoms with Gasteiger partial charge in [-0.1, -0.05) is 20.8 Å². The first-order valence-corrected chi connectivity index (χ1v) is 7.26. The molecular formula is C14H22N2O2S. The number of hydrogen-bond acceptors (Lipinski definition) is 3. The maximum absolute atomic E-state index is 11.6. The van der Waals surface area contributed by atoms with E-state index in [1.54, 1.807) is 11.3 Å². The van der Waals surface area contributed by atoms with Crippen molar-refractivity contribution < 1.29 is 9.59 Å². The lowest BCUT2D eigenvalue weighted by atomic mass is 9.96. The molecule has 4 nitrogen and oxygen atoms in total. The van der Waals surface area contributed by atoms with Gasteiger partial charge in [-0.05, 0) is 23.9 Å². The van der Waals surface area contributed by atoms with Crippen molar-refractivity contribution in [3.05, 3.63) is 21.9 Å². The Bertz CT molecular complexity index is 447. The Hall–Kier alpha value is -1.36. The molecule has 1 aromatic heterocycles. The van der Waals surface area contributed by atoms with E-state index in [0.717, 1.165) is 0 Å². The van der Waals surface area contributed by atoms with Crippen molar-refractivity contribution in [3.63, 3.8) is 0 Å². The summed E-state index contributed by atoms with van der Waals surface area (Å²) in [4.78, 5) is 24.4. The molecule has 0 atom stereocenters. The van der Waals surface area contributed by atoms with Gasteiger partial charge in [-0.3, -0.25) is 9.59 Å². The van der Waals surface area contributed by atoms with E-state index in [1.165, 1.54) is 10.4 Å². The molecule has 5 heteroatoms. The van der Waals surface area contributed by atoms with Crippen LogP contribution in [0.25, 0.3) is 0 Å². The van der Waals surface area contributed by atoms with E-state index in [-0.39, 0.29) is 11.8 Å². The van der Waals surface area contributed by atoms with E-state index in [2.05, 4.69) is 10.6 Å². The quantitative estimate of drug-likeness (QED) is 0.870. The Balaban J connectivity index is 2.22. The summed E-state index contributed by atoms with van der Waals surface area (Å²) in [6, 6.07) is 2.04. The minimum absolute atomic E-state index is 0.0330.